The molecule has 2 unspecified atom stereocenters. The lowest BCUT2D eigenvalue weighted by Gasteiger charge is -2.24. The summed E-state index contributed by atoms with van der Waals surface area (Å²) in [6, 6.07) is 0.512. The quantitative estimate of drug-likeness (QED) is 0.519. The molecule has 1 saturated heterocycles. The van der Waals surface area contributed by atoms with E-state index in [0.717, 1.165) is 19.6 Å². The molecule has 0 amide bonds. The molecule has 0 bridgehead atoms. The third kappa shape index (κ3) is 1.41. The maximum atomic E-state index is 5.87. The lowest BCUT2D eigenvalue weighted by atomic mass is 10.2. The number of ether oxygens (including phenoxy) is 1. The smallest absolute Gasteiger partial charge is 0.0744 e. The normalized spacial score (nSPS) is 40.1. The fourth-order valence-corrected chi connectivity index (χ4v) is 2.13. The molecule has 0 aromatic rings. The van der Waals surface area contributed by atoms with E-state index in [1.807, 2.05) is 5.01 Å². The molecule has 3 nitrogen and oxygen atoms in total. The van der Waals surface area contributed by atoms with Gasteiger partial charge in [-0.15, -0.1) is 0 Å². The Hall–Kier alpha value is -0.120. The van der Waals surface area contributed by atoms with Crippen LogP contribution in [-0.4, -0.2) is 30.3 Å². The molecule has 1 saturated carbocycles. The van der Waals surface area contributed by atoms with Crippen molar-refractivity contribution in [2.24, 2.45) is 5.84 Å². The fourth-order valence-electron chi connectivity index (χ4n) is 2.13. The first kappa shape index (κ1) is 7.53. The highest BCUT2D eigenvalue weighted by Crippen LogP contribution is 2.27. The van der Waals surface area contributed by atoms with Crippen molar-refractivity contribution >= 4 is 0 Å². The number of nitrogens with two attached hydrogens (primary N) is 1. The third-order valence-electron chi connectivity index (χ3n) is 2.74. The summed E-state index contributed by atoms with van der Waals surface area (Å²) in [4.78, 5) is 0. The molecule has 1 aliphatic carbocycles. The Labute approximate surface area is 67.5 Å². The minimum Gasteiger partial charge on any atom is -0.376 e. The van der Waals surface area contributed by atoms with E-state index >= 15 is 0 Å². The van der Waals surface area contributed by atoms with Crippen LogP contribution in [0, 0.1) is 0 Å². The Morgan fingerprint density at radius 3 is 3.09 bits per heavy atom. The molecular formula is C8H16N2O. The number of hydrazine groups is 1. The Bertz CT molecular complexity index is 140. The summed E-state index contributed by atoms with van der Waals surface area (Å²) in [5.41, 5.74) is 0. The van der Waals surface area contributed by atoms with Crippen LogP contribution < -0.4 is 5.84 Å². The molecule has 1 aliphatic heterocycles. The molecule has 0 aromatic carbocycles. The van der Waals surface area contributed by atoms with Gasteiger partial charge in [-0.2, -0.15) is 0 Å². The van der Waals surface area contributed by atoms with Crippen molar-refractivity contribution in [2.45, 2.75) is 37.8 Å². The summed E-state index contributed by atoms with van der Waals surface area (Å²) in [6.45, 7) is 1.90. The number of nitrogens with zero attached hydrogens (tertiary/aromatic N) is 1. The van der Waals surface area contributed by atoms with Crippen LogP contribution in [0.25, 0.3) is 0 Å². The highest BCUT2D eigenvalue weighted by Gasteiger charge is 2.32. The van der Waals surface area contributed by atoms with Gasteiger partial charge in [0.25, 0.3) is 0 Å². The topological polar surface area (TPSA) is 38.5 Å². The largest absolute Gasteiger partial charge is 0.376 e. The van der Waals surface area contributed by atoms with Gasteiger partial charge in [0.05, 0.1) is 12.1 Å². The zero-order valence-corrected chi connectivity index (χ0v) is 6.83. The van der Waals surface area contributed by atoms with E-state index in [-0.39, 0.29) is 0 Å². The highest BCUT2D eigenvalue weighted by atomic mass is 16.5. The van der Waals surface area contributed by atoms with Crippen molar-refractivity contribution in [3.05, 3.63) is 0 Å². The van der Waals surface area contributed by atoms with Crippen LogP contribution in [0.4, 0.5) is 0 Å². The Morgan fingerprint density at radius 2 is 2.18 bits per heavy atom. The van der Waals surface area contributed by atoms with E-state index in [9.17, 15) is 0 Å². The minimum absolute atomic E-state index is 0.433. The van der Waals surface area contributed by atoms with Crippen molar-refractivity contribution in [3.63, 3.8) is 0 Å². The standard InChI is InChI=1S/C8H16N2O/c9-10-5-2-6-11-8-4-1-3-7(8)10/h7-8H,1-6,9H2. The Kier molecular flexibility index (Phi) is 2.11. The monoisotopic (exact) mass is 156 g/mol. The van der Waals surface area contributed by atoms with E-state index in [4.69, 9.17) is 10.6 Å². The van der Waals surface area contributed by atoms with E-state index < -0.39 is 0 Å². The second-order valence-corrected chi connectivity index (χ2v) is 3.50. The van der Waals surface area contributed by atoms with Gasteiger partial charge in [0.15, 0.2) is 0 Å². The first-order chi connectivity index (χ1) is 5.38. The van der Waals surface area contributed by atoms with Crippen LogP contribution in [0.1, 0.15) is 25.7 Å². The van der Waals surface area contributed by atoms with Crippen LogP contribution in [0.3, 0.4) is 0 Å². The first-order valence-corrected chi connectivity index (χ1v) is 4.51. The van der Waals surface area contributed by atoms with Gasteiger partial charge in [0, 0.05) is 13.2 Å². The van der Waals surface area contributed by atoms with E-state index in [2.05, 4.69) is 0 Å². The predicted octanol–water partition coefficient (Wildman–Crippen LogP) is 0.503. The van der Waals surface area contributed by atoms with E-state index in [1.165, 1.54) is 19.3 Å². The van der Waals surface area contributed by atoms with Crippen molar-refractivity contribution in [3.8, 4) is 0 Å². The van der Waals surface area contributed by atoms with Gasteiger partial charge in [0.1, 0.15) is 0 Å². The SMILES string of the molecule is NN1CCCOC2CCCC21. The van der Waals surface area contributed by atoms with Crippen molar-refractivity contribution in [1.82, 2.24) is 5.01 Å². The molecule has 2 rings (SSSR count). The van der Waals surface area contributed by atoms with Crippen molar-refractivity contribution < 1.29 is 4.74 Å². The average Bonchev–Trinajstić information content (AvgIpc) is 2.40. The fraction of sp³-hybridized carbons (Fsp3) is 1.00. The lowest BCUT2D eigenvalue weighted by Crippen LogP contribution is -2.44. The molecule has 2 atom stereocenters. The summed E-state index contributed by atoms with van der Waals surface area (Å²) >= 11 is 0. The van der Waals surface area contributed by atoms with E-state index in [0.29, 0.717) is 12.1 Å². The summed E-state index contributed by atoms with van der Waals surface area (Å²) in [6.07, 6.45) is 5.23. The van der Waals surface area contributed by atoms with Gasteiger partial charge < -0.3 is 4.74 Å². The maximum Gasteiger partial charge on any atom is 0.0744 e. The lowest BCUT2D eigenvalue weighted by molar-refractivity contribution is 0.0333. The van der Waals surface area contributed by atoms with Gasteiger partial charge in [-0.25, -0.2) is 5.01 Å². The van der Waals surface area contributed by atoms with Crippen LogP contribution in [0.5, 0.6) is 0 Å². The minimum atomic E-state index is 0.433. The molecule has 2 fully saturated rings. The Balaban J connectivity index is 2.03. The second-order valence-electron chi connectivity index (χ2n) is 3.50. The van der Waals surface area contributed by atoms with Gasteiger partial charge in [-0.05, 0) is 25.7 Å². The summed E-state index contributed by atoms with van der Waals surface area (Å²) < 4.78 is 5.68. The molecule has 0 spiro atoms. The maximum absolute atomic E-state index is 5.87. The van der Waals surface area contributed by atoms with Gasteiger partial charge >= 0.3 is 0 Å². The van der Waals surface area contributed by atoms with Gasteiger partial charge in [0.2, 0.25) is 0 Å². The molecule has 0 aromatic heterocycles. The van der Waals surface area contributed by atoms with Crippen LogP contribution in [-0.2, 0) is 4.74 Å². The summed E-state index contributed by atoms with van der Waals surface area (Å²) in [7, 11) is 0. The van der Waals surface area contributed by atoms with Crippen LogP contribution in [0.15, 0.2) is 0 Å². The molecule has 11 heavy (non-hydrogen) atoms. The van der Waals surface area contributed by atoms with Crippen LogP contribution in [0.2, 0.25) is 0 Å². The molecule has 2 aliphatic rings. The molecule has 2 N–H and O–H groups in total. The average molecular weight is 156 g/mol. The highest BCUT2D eigenvalue weighted by molar-refractivity contribution is 4.85. The number of hydrogen-bond donors (Lipinski definition) is 1. The molecule has 1 heterocycles. The van der Waals surface area contributed by atoms with Gasteiger partial charge in [-0.3, -0.25) is 5.84 Å². The summed E-state index contributed by atoms with van der Waals surface area (Å²) in [5, 5.41) is 1.98. The second kappa shape index (κ2) is 3.09. The number of fused-ring (bicyclic) bond motifs is 1. The Morgan fingerprint density at radius 1 is 1.27 bits per heavy atom. The first-order valence-electron chi connectivity index (χ1n) is 4.51. The molecule has 64 valence electrons. The predicted molar refractivity (Wildman–Crippen MR) is 42.9 cm³/mol. The number of hydrogen-bond acceptors (Lipinski definition) is 3. The molecule has 0 radical (unpaired) electrons. The molecule has 3 heteroatoms. The van der Waals surface area contributed by atoms with Crippen molar-refractivity contribution in [2.75, 3.05) is 13.2 Å². The summed E-state index contributed by atoms with van der Waals surface area (Å²) in [5.74, 6) is 5.87. The third-order valence-corrected chi connectivity index (χ3v) is 2.74. The van der Waals surface area contributed by atoms with E-state index in [1.54, 1.807) is 0 Å². The zero-order valence-electron chi connectivity index (χ0n) is 6.83. The van der Waals surface area contributed by atoms with Crippen molar-refractivity contribution in [1.29, 1.82) is 0 Å². The van der Waals surface area contributed by atoms with Crippen LogP contribution >= 0.6 is 0 Å². The van der Waals surface area contributed by atoms with Gasteiger partial charge in [-0.1, -0.05) is 0 Å². The number of rotatable bonds is 0. The zero-order chi connectivity index (χ0) is 7.68. The molecular weight excluding hydrogens is 140 g/mol.